The van der Waals surface area contributed by atoms with Gasteiger partial charge in [-0.05, 0) is 43.9 Å². The molecule has 1 unspecified atom stereocenters. The van der Waals surface area contributed by atoms with Crippen LogP contribution in [0.15, 0.2) is 36.1 Å². The van der Waals surface area contributed by atoms with Crippen LogP contribution in [0.4, 0.5) is 13.2 Å². The molecule has 29 heavy (non-hydrogen) atoms. The van der Waals surface area contributed by atoms with Crippen molar-refractivity contribution >= 4 is 11.9 Å². The second kappa shape index (κ2) is 8.08. The zero-order chi connectivity index (χ0) is 21.2. The van der Waals surface area contributed by atoms with E-state index in [1.165, 1.54) is 30.2 Å². The number of carbonyl (C=O) groups excluding carboxylic acids is 2. The molecule has 158 valence electrons. The highest BCUT2D eigenvalue weighted by Gasteiger charge is 2.51. The van der Waals surface area contributed by atoms with E-state index in [9.17, 15) is 22.8 Å². The van der Waals surface area contributed by atoms with Crippen LogP contribution >= 0.6 is 0 Å². The lowest BCUT2D eigenvalue weighted by Gasteiger charge is -2.43. The molecular formula is C21H24F3NO4. The number of methoxy groups -OCH3 is 1. The normalized spacial score (nSPS) is 20.2. The molecule has 0 bridgehead atoms. The maximum absolute atomic E-state index is 12.9. The van der Waals surface area contributed by atoms with Gasteiger partial charge in [-0.25, -0.2) is 4.79 Å². The van der Waals surface area contributed by atoms with Gasteiger partial charge in [-0.2, -0.15) is 13.2 Å². The first-order valence-electron chi connectivity index (χ1n) is 9.62. The second-order valence-electron chi connectivity index (χ2n) is 7.64. The predicted molar refractivity (Wildman–Crippen MR) is 98.9 cm³/mol. The largest absolute Gasteiger partial charge is 0.467 e. The van der Waals surface area contributed by atoms with Crippen LogP contribution in [0.5, 0.6) is 5.75 Å². The van der Waals surface area contributed by atoms with Crippen LogP contribution in [0.2, 0.25) is 0 Å². The quantitative estimate of drug-likeness (QED) is 0.677. The minimum absolute atomic E-state index is 0.00280. The van der Waals surface area contributed by atoms with Gasteiger partial charge in [0.25, 0.3) is 5.91 Å². The summed E-state index contributed by atoms with van der Waals surface area (Å²) >= 11 is 0. The lowest BCUT2D eigenvalue weighted by atomic mass is 9.74. The lowest BCUT2D eigenvalue weighted by molar-refractivity contribution is -0.163. The third-order valence-corrected chi connectivity index (χ3v) is 5.83. The summed E-state index contributed by atoms with van der Waals surface area (Å²) in [5.41, 5.74) is -1.99. The van der Waals surface area contributed by atoms with Crippen molar-refractivity contribution in [3.8, 4) is 5.75 Å². The van der Waals surface area contributed by atoms with Gasteiger partial charge in [0, 0.05) is 6.08 Å². The van der Waals surface area contributed by atoms with E-state index in [1.807, 2.05) is 0 Å². The number of halogens is 3. The number of benzene rings is 1. The van der Waals surface area contributed by atoms with Gasteiger partial charge in [0.2, 0.25) is 0 Å². The third-order valence-electron chi connectivity index (χ3n) is 5.83. The number of amides is 1. The summed E-state index contributed by atoms with van der Waals surface area (Å²) in [6.07, 6.45) is 1.38. The minimum atomic E-state index is -4.49. The Morgan fingerprint density at radius 2 is 1.86 bits per heavy atom. The van der Waals surface area contributed by atoms with E-state index in [-0.39, 0.29) is 24.0 Å². The molecule has 1 aromatic rings. The van der Waals surface area contributed by atoms with Crippen LogP contribution in [0.25, 0.3) is 0 Å². The van der Waals surface area contributed by atoms with Crippen LogP contribution in [0.1, 0.15) is 44.6 Å². The average molecular weight is 411 g/mol. The Morgan fingerprint density at radius 3 is 2.48 bits per heavy atom. The van der Waals surface area contributed by atoms with Gasteiger partial charge in [0.1, 0.15) is 17.0 Å². The van der Waals surface area contributed by atoms with Crippen molar-refractivity contribution < 1.29 is 32.2 Å². The van der Waals surface area contributed by atoms with E-state index in [0.29, 0.717) is 0 Å². The molecule has 2 aliphatic rings. The molecule has 1 heterocycles. The Kier molecular flexibility index (Phi) is 5.91. The van der Waals surface area contributed by atoms with Crippen molar-refractivity contribution in [2.45, 2.75) is 50.7 Å². The molecule has 1 saturated carbocycles. The Balaban J connectivity index is 1.80. The molecule has 3 rings (SSSR count). The number of ether oxygens (including phenoxy) is 2. The Bertz CT molecular complexity index is 814. The summed E-state index contributed by atoms with van der Waals surface area (Å²) < 4.78 is 49.3. The molecule has 0 saturated heterocycles. The fourth-order valence-electron chi connectivity index (χ4n) is 4.21. The molecular weight excluding hydrogens is 387 g/mol. The molecule has 1 aliphatic carbocycles. The van der Waals surface area contributed by atoms with Crippen molar-refractivity contribution in [3.63, 3.8) is 0 Å². The maximum atomic E-state index is 12.9. The topological polar surface area (TPSA) is 55.8 Å². The monoisotopic (exact) mass is 411 g/mol. The summed E-state index contributed by atoms with van der Waals surface area (Å²) in [5, 5.41) is 0. The highest BCUT2D eigenvalue weighted by molar-refractivity contribution is 5.96. The van der Waals surface area contributed by atoms with Crippen molar-refractivity contribution in [1.29, 1.82) is 0 Å². The number of esters is 1. The van der Waals surface area contributed by atoms with E-state index in [0.717, 1.165) is 44.2 Å². The lowest BCUT2D eigenvalue weighted by Crippen LogP contribution is -2.59. The van der Waals surface area contributed by atoms with Crippen LogP contribution in [-0.4, -0.2) is 36.0 Å². The molecule has 0 spiro atoms. The van der Waals surface area contributed by atoms with E-state index >= 15 is 0 Å². The number of hydrogen-bond acceptors (Lipinski definition) is 4. The standard InChI is InChI=1S/C21H24F3NO4/c1-20(19(27)28-2,14-7-4-3-5-8-14)25-13-17(12-18(25)26)29-16-10-6-9-15(11-16)21(22,23)24/h6,9-12,14H,3-5,7-8,13H2,1-2H3. The Morgan fingerprint density at radius 1 is 1.17 bits per heavy atom. The molecule has 1 fully saturated rings. The number of rotatable bonds is 5. The van der Waals surface area contributed by atoms with Crippen molar-refractivity contribution in [3.05, 3.63) is 41.7 Å². The number of hydrogen-bond donors (Lipinski definition) is 0. The van der Waals surface area contributed by atoms with Crippen LogP contribution < -0.4 is 4.74 Å². The fourth-order valence-corrected chi connectivity index (χ4v) is 4.21. The van der Waals surface area contributed by atoms with Crippen LogP contribution in [0.3, 0.4) is 0 Å². The van der Waals surface area contributed by atoms with Gasteiger partial charge in [-0.3, -0.25) is 4.79 Å². The SMILES string of the molecule is COC(=O)C(C)(C1CCCCC1)N1CC(Oc2cccc(C(F)(F)F)c2)=CC1=O. The summed E-state index contributed by atoms with van der Waals surface area (Å²) in [5.74, 6) is -0.774. The Labute approximate surface area is 167 Å². The van der Waals surface area contributed by atoms with Gasteiger partial charge in [0.15, 0.2) is 0 Å². The minimum Gasteiger partial charge on any atom is -0.467 e. The second-order valence-corrected chi connectivity index (χ2v) is 7.64. The summed E-state index contributed by atoms with van der Waals surface area (Å²) in [7, 11) is 1.29. The van der Waals surface area contributed by atoms with E-state index in [4.69, 9.17) is 9.47 Å². The zero-order valence-corrected chi connectivity index (χ0v) is 16.4. The number of carbonyl (C=O) groups is 2. The van der Waals surface area contributed by atoms with Gasteiger partial charge >= 0.3 is 12.1 Å². The van der Waals surface area contributed by atoms with Crippen LogP contribution in [-0.2, 0) is 20.5 Å². The molecule has 1 aliphatic heterocycles. The van der Waals surface area contributed by atoms with Gasteiger partial charge in [-0.1, -0.05) is 25.3 Å². The van der Waals surface area contributed by atoms with E-state index < -0.39 is 29.2 Å². The molecule has 8 heteroatoms. The maximum Gasteiger partial charge on any atom is 0.416 e. The predicted octanol–water partition coefficient (Wildman–Crippen LogP) is 4.32. The highest BCUT2D eigenvalue weighted by atomic mass is 19.4. The van der Waals surface area contributed by atoms with Crippen molar-refractivity contribution in [2.24, 2.45) is 5.92 Å². The molecule has 0 aromatic heterocycles. The highest BCUT2D eigenvalue weighted by Crippen LogP contribution is 2.39. The van der Waals surface area contributed by atoms with Gasteiger partial charge < -0.3 is 14.4 Å². The number of nitrogens with zero attached hydrogens (tertiary/aromatic N) is 1. The van der Waals surface area contributed by atoms with Crippen LogP contribution in [0, 0.1) is 5.92 Å². The first-order valence-corrected chi connectivity index (χ1v) is 9.62. The van der Waals surface area contributed by atoms with E-state index in [1.54, 1.807) is 6.92 Å². The summed E-state index contributed by atoms with van der Waals surface area (Å²) in [6, 6.07) is 4.47. The Hall–Kier alpha value is -2.51. The molecule has 1 amide bonds. The van der Waals surface area contributed by atoms with Gasteiger partial charge in [-0.15, -0.1) is 0 Å². The fraction of sp³-hybridized carbons (Fsp3) is 0.524. The third kappa shape index (κ3) is 4.26. The molecule has 5 nitrogen and oxygen atoms in total. The van der Waals surface area contributed by atoms with Crippen molar-refractivity contribution in [1.82, 2.24) is 4.90 Å². The summed E-state index contributed by atoms with van der Waals surface area (Å²) in [4.78, 5) is 26.8. The zero-order valence-electron chi connectivity index (χ0n) is 16.4. The van der Waals surface area contributed by atoms with E-state index in [2.05, 4.69) is 0 Å². The smallest absolute Gasteiger partial charge is 0.416 e. The molecule has 1 aromatic carbocycles. The first kappa shape index (κ1) is 21.2. The first-order chi connectivity index (χ1) is 13.7. The number of alkyl halides is 3. The average Bonchev–Trinajstić information content (AvgIpc) is 3.07. The van der Waals surface area contributed by atoms with Gasteiger partial charge in [0.05, 0.1) is 19.2 Å². The molecule has 1 atom stereocenters. The molecule has 0 radical (unpaired) electrons. The molecule has 0 N–H and O–H groups in total. The summed E-state index contributed by atoms with van der Waals surface area (Å²) in [6.45, 7) is 1.70. The van der Waals surface area contributed by atoms with Crippen molar-refractivity contribution in [2.75, 3.05) is 13.7 Å².